The summed E-state index contributed by atoms with van der Waals surface area (Å²) in [6.45, 7) is 3.40. The van der Waals surface area contributed by atoms with Crippen molar-refractivity contribution in [3.05, 3.63) is 28.8 Å². The molecule has 1 amide bonds. The number of benzene rings is 1. The van der Waals surface area contributed by atoms with Crippen molar-refractivity contribution in [1.82, 2.24) is 5.32 Å². The van der Waals surface area contributed by atoms with Crippen LogP contribution in [0.2, 0.25) is 5.02 Å². The minimum atomic E-state index is -0.266. The first kappa shape index (κ1) is 13.8. The molecule has 0 spiro atoms. The predicted octanol–water partition coefficient (Wildman–Crippen LogP) is 1.52. The highest BCUT2D eigenvalue weighted by atomic mass is 35.5. The fourth-order valence-corrected chi connectivity index (χ4v) is 1.51. The number of hydrogen-bond acceptors (Lipinski definition) is 3. The topological polar surface area (TPSA) is 58.6 Å². The Morgan fingerprint density at radius 3 is 2.88 bits per heavy atom. The van der Waals surface area contributed by atoms with Gasteiger partial charge in [0.15, 0.2) is 6.61 Å². The van der Waals surface area contributed by atoms with E-state index in [0.29, 0.717) is 10.8 Å². The van der Waals surface area contributed by atoms with Crippen LogP contribution in [0.4, 0.5) is 0 Å². The molecule has 94 valence electrons. The van der Waals surface area contributed by atoms with Gasteiger partial charge in [0.2, 0.25) is 0 Å². The molecule has 1 rings (SSSR count). The second kappa shape index (κ2) is 6.47. The van der Waals surface area contributed by atoms with Gasteiger partial charge in [-0.15, -0.1) is 0 Å². The summed E-state index contributed by atoms with van der Waals surface area (Å²) in [5.74, 6) is 0.363. The number of rotatable bonds is 5. The van der Waals surface area contributed by atoms with Crippen molar-refractivity contribution in [2.24, 2.45) is 0 Å². The Kier molecular flexibility index (Phi) is 5.25. The third-order valence-electron chi connectivity index (χ3n) is 2.18. The Hall–Kier alpha value is -1.26. The average molecular weight is 258 g/mol. The van der Waals surface area contributed by atoms with Crippen LogP contribution < -0.4 is 10.1 Å². The highest BCUT2D eigenvalue weighted by Crippen LogP contribution is 2.21. The van der Waals surface area contributed by atoms with Gasteiger partial charge in [-0.1, -0.05) is 11.6 Å². The molecule has 1 aromatic carbocycles. The number of amides is 1. The number of ether oxygens (including phenoxy) is 1. The largest absolute Gasteiger partial charge is 0.484 e. The molecule has 0 aliphatic carbocycles. The number of carbonyl (C=O) groups is 1. The van der Waals surface area contributed by atoms with Crippen molar-refractivity contribution in [2.45, 2.75) is 19.9 Å². The molecule has 5 heteroatoms. The van der Waals surface area contributed by atoms with Crippen LogP contribution in [0.3, 0.4) is 0 Å². The molecule has 0 saturated carbocycles. The van der Waals surface area contributed by atoms with Crippen LogP contribution in [-0.4, -0.2) is 30.3 Å². The summed E-state index contributed by atoms with van der Waals surface area (Å²) >= 11 is 5.80. The van der Waals surface area contributed by atoms with Gasteiger partial charge in [0.25, 0.3) is 5.91 Å². The highest BCUT2D eigenvalue weighted by Gasteiger charge is 2.08. The van der Waals surface area contributed by atoms with Crippen LogP contribution >= 0.6 is 11.6 Å². The lowest BCUT2D eigenvalue weighted by Crippen LogP contribution is -2.38. The third kappa shape index (κ3) is 4.63. The Labute approximate surface area is 106 Å². The smallest absolute Gasteiger partial charge is 0.258 e. The summed E-state index contributed by atoms with van der Waals surface area (Å²) in [7, 11) is 0. The molecule has 1 atom stereocenters. The quantitative estimate of drug-likeness (QED) is 0.841. The predicted molar refractivity (Wildman–Crippen MR) is 66.4 cm³/mol. The Morgan fingerprint density at radius 1 is 1.59 bits per heavy atom. The van der Waals surface area contributed by atoms with Gasteiger partial charge in [-0.05, 0) is 37.6 Å². The van der Waals surface area contributed by atoms with Crippen molar-refractivity contribution >= 4 is 17.5 Å². The van der Waals surface area contributed by atoms with E-state index in [1.165, 1.54) is 0 Å². The summed E-state index contributed by atoms with van der Waals surface area (Å²) in [5.41, 5.74) is 0.875. The molecule has 0 bridgehead atoms. The Balaban J connectivity index is 2.47. The zero-order valence-corrected chi connectivity index (χ0v) is 10.6. The fraction of sp³-hybridized carbons (Fsp3) is 0.417. The summed E-state index contributed by atoms with van der Waals surface area (Å²) < 4.78 is 5.35. The van der Waals surface area contributed by atoms with E-state index < -0.39 is 0 Å². The molecule has 0 saturated heterocycles. The second-order valence-corrected chi connectivity index (χ2v) is 4.29. The van der Waals surface area contributed by atoms with E-state index in [9.17, 15) is 4.79 Å². The summed E-state index contributed by atoms with van der Waals surface area (Å²) in [6, 6.07) is 4.93. The summed E-state index contributed by atoms with van der Waals surface area (Å²) in [5, 5.41) is 12.0. The number of halogens is 1. The van der Waals surface area contributed by atoms with Gasteiger partial charge in [-0.3, -0.25) is 4.79 Å². The highest BCUT2D eigenvalue weighted by molar-refractivity contribution is 6.30. The van der Waals surface area contributed by atoms with Gasteiger partial charge in [-0.2, -0.15) is 0 Å². The molecule has 0 unspecified atom stereocenters. The Morgan fingerprint density at radius 2 is 2.29 bits per heavy atom. The van der Waals surface area contributed by atoms with Crippen molar-refractivity contribution in [2.75, 3.05) is 13.2 Å². The maximum absolute atomic E-state index is 11.4. The van der Waals surface area contributed by atoms with E-state index in [4.69, 9.17) is 21.4 Å². The fourth-order valence-electron chi connectivity index (χ4n) is 1.28. The number of aliphatic hydroxyl groups is 1. The molecule has 0 heterocycles. The molecule has 0 aliphatic heterocycles. The molecular weight excluding hydrogens is 242 g/mol. The SMILES string of the molecule is Cc1cc(Cl)ccc1OCC(=O)N[C@@H](C)CO. The monoisotopic (exact) mass is 257 g/mol. The van der Waals surface area contributed by atoms with E-state index in [-0.39, 0.29) is 25.2 Å². The van der Waals surface area contributed by atoms with Gasteiger partial charge in [-0.25, -0.2) is 0 Å². The minimum Gasteiger partial charge on any atom is -0.484 e. The van der Waals surface area contributed by atoms with Gasteiger partial charge >= 0.3 is 0 Å². The van der Waals surface area contributed by atoms with Crippen LogP contribution in [-0.2, 0) is 4.79 Å². The molecule has 17 heavy (non-hydrogen) atoms. The van der Waals surface area contributed by atoms with E-state index in [0.717, 1.165) is 5.56 Å². The van der Waals surface area contributed by atoms with Crippen LogP contribution in [0, 0.1) is 6.92 Å². The summed E-state index contributed by atoms with van der Waals surface area (Å²) in [6.07, 6.45) is 0. The van der Waals surface area contributed by atoms with Gasteiger partial charge in [0.05, 0.1) is 6.61 Å². The first-order valence-corrected chi connectivity index (χ1v) is 5.70. The van der Waals surface area contributed by atoms with Crippen molar-refractivity contribution in [1.29, 1.82) is 0 Å². The van der Waals surface area contributed by atoms with Gasteiger partial charge in [0.1, 0.15) is 5.75 Å². The van der Waals surface area contributed by atoms with E-state index in [1.807, 2.05) is 6.92 Å². The lowest BCUT2D eigenvalue weighted by Gasteiger charge is -2.12. The first-order valence-electron chi connectivity index (χ1n) is 5.32. The van der Waals surface area contributed by atoms with Crippen molar-refractivity contribution in [3.8, 4) is 5.75 Å². The normalized spacial score (nSPS) is 12.0. The van der Waals surface area contributed by atoms with Gasteiger partial charge < -0.3 is 15.2 Å². The zero-order valence-electron chi connectivity index (χ0n) is 9.87. The molecule has 1 aromatic rings. The molecular formula is C12H16ClNO3. The first-order chi connectivity index (χ1) is 8.02. The molecule has 0 aromatic heterocycles. The molecule has 0 radical (unpaired) electrons. The zero-order chi connectivity index (χ0) is 12.8. The lowest BCUT2D eigenvalue weighted by atomic mass is 10.2. The molecule has 0 fully saturated rings. The number of nitrogens with one attached hydrogen (secondary N) is 1. The van der Waals surface area contributed by atoms with Crippen molar-refractivity contribution < 1.29 is 14.6 Å². The maximum Gasteiger partial charge on any atom is 0.258 e. The van der Waals surface area contributed by atoms with E-state index in [1.54, 1.807) is 25.1 Å². The number of carbonyl (C=O) groups excluding carboxylic acids is 1. The average Bonchev–Trinajstić information content (AvgIpc) is 2.27. The number of hydrogen-bond donors (Lipinski definition) is 2. The molecule has 4 nitrogen and oxygen atoms in total. The molecule has 2 N–H and O–H groups in total. The van der Waals surface area contributed by atoms with E-state index in [2.05, 4.69) is 5.32 Å². The van der Waals surface area contributed by atoms with Crippen LogP contribution in [0.15, 0.2) is 18.2 Å². The van der Waals surface area contributed by atoms with E-state index >= 15 is 0 Å². The maximum atomic E-state index is 11.4. The molecule has 0 aliphatic rings. The second-order valence-electron chi connectivity index (χ2n) is 3.85. The third-order valence-corrected chi connectivity index (χ3v) is 2.41. The Bertz CT molecular complexity index is 395. The van der Waals surface area contributed by atoms with Gasteiger partial charge in [0, 0.05) is 11.1 Å². The minimum absolute atomic E-state index is 0.0766. The van der Waals surface area contributed by atoms with Crippen LogP contribution in [0.1, 0.15) is 12.5 Å². The number of aliphatic hydroxyl groups excluding tert-OH is 1. The van der Waals surface area contributed by atoms with Crippen molar-refractivity contribution in [3.63, 3.8) is 0 Å². The standard InChI is InChI=1S/C12H16ClNO3/c1-8-5-10(13)3-4-11(8)17-7-12(16)14-9(2)6-15/h3-5,9,15H,6-7H2,1-2H3,(H,14,16)/t9-/m0/s1. The number of aryl methyl sites for hydroxylation is 1. The van der Waals surface area contributed by atoms with Crippen LogP contribution in [0.5, 0.6) is 5.75 Å². The van der Waals surface area contributed by atoms with Crippen LogP contribution in [0.25, 0.3) is 0 Å². The lowest BCUT2D eigenvalue weighted by molar-refractivity contribution is -0.124. The summed E-state index contributed by atoms with van der Waals surface area (Å²) in [4.78, 5) is 11.4.